The number of carbonyl (C=O) groups excluding carboxylic acids is 1. The highest BCUT2D eigenvalue weighted by molar-refractivity contribution is 7.99. The van der Waals surface area contributed by atoms with Crippen molar-refractivity contribution in [2.24, 2.45) is 5.92 Å². The average molecular weight is 272 g/mol. The third-order valence-electron chi connectivity index (χ3n) is 2.49. The van der Waals surface area contributed by atoms with E-state index in [-0.39, 0.29) is 16.6 Å². The van der Waals surface area contributed by atoms with Gasteiger partial charge in [-0.1, -0.05) is 0 Å². The van der Waals surface area contributed by atoms with Crippen molar-refractivity contribution in [1.82, 2.24) is 10.3 Å². The van der Waals surface area contributed by atoms with Gasteiger partial charge < -0.3 is 10.4 Å². The molecule has 1 saturated heterocycles. The summed E-state index contributed by atoms with van der Waals surface area (Å²) in [5.41, 5.74) is -0.0726. The second-order valence-electron chi connectivity index (χ2n) is 3.78. The lowest BCUT2D eigenvalue weighted by Gasteiger charge is -2.08. The molecule has 1 fully saturated rings. The summed E-state index contributed by atoms with van der Waals surface area (Å²) in [7, 11) is 0. The van der Waals surface area contributed by atoms with Crippen LogP contribution in [0, 0.1) is 5.92 Å². The van der Waals surface area contributed by atoms with E-state index in [0.717, 1.165) is 29.3 Å². The van der Waals surface area contributed by atoms with Crippen molar-refractivity contribution >= 4 is 35.0 Å². The summed E-state index contributed by atoms with van der Waals surface area (Å²) in [6, 6.07) is 0. The molecule has 0 aliphatic carbocycles. The minimum absolute atomic E-state index is 0.0726. The van der Waals surface area contributed by atoms with E-state index in [1.807, 2.05) is 11.8 Å². The van der Waals surface area contributed by atoms with Gasteiger partial charge in [0, 0.05) is 11.9 Å². The lowest BCUT2D eigenvalue weighted by atomic mass is 10.1. The van der Waals surface area contributed by atoms with E-state index in [1.165, 1.54) is 5.38 Å². The summed E-state index contributed by atoms with van der Waals surface area (Å²) in [6.45, 7) is 0.647. The number of nitrogens with zero attached hydrogens (tertiary/aromatic N) is 1. The number of carboxylic acids is 1. The molecule has 7 heteroatoms. The Balaban J connectivity index is 1.87. The molecule has 1 atom stereocenters. The van der Waals surface area contributed by atoms with Crippen LogP contribution in [-0.4, -0.2) is 40.0 Å². The molecule has 0 saturated carbocycles. The van der Waals surface area contributed by atoms with E-state index in [0.29, 0.717) is 12.5 Å². The summed E-state index contributed by atoms with van der Waals surface area (Å²) in [5, 5.41) is 13.1. The largest absolute Gasteiger partial charge is 0.476 e. The van der Waals surface area contributed by atoms with Gasteiger partial charge in [0.05, 0.1) is 0 Å². The van der Waals surface area contributed by atoms with Gasteiger partial charge in [-0.3, -0.25) is 4.79 Å². The van der Waals surface area contributed by atoms with E-state index in [2.05, 4.69) is 10.3 Å². The van der Waals surface area contributed by atoms with Crippen molar-refractivity contribution in [3.63, 3.8) is 0 Å². The van der Waals surface area contributed by atoms with Gasteiger partial charge in [0.25, 0.3) is 5.91 Å². The fourth-order valence-corrected chi connectivity index (χ4v) is 3.52. The van der Waals surface area contributed by atoms with Gasteiger partial charge in [0.15, 0.2) is 10.7 Å². The minimum Gasteiger partial charge on any atom is -0.476 e. The summed E-state index contributed by atoms with van der Waals surface area (Å²) in [6.07, 6.45) is 1.13. The molecule has 5 nitrogen and oxygen atoms in total. The quantitative estimate of drug-likeness (QED) is 0.864. The van der Waals surface area contributed by atoms with Crippen LogP contribution in [0.5, 0.6) is 0 Å². The average Bonchev–Trinajstić information content (AvgIpc) is 2.96. The summed E-state index contributed by atoms with van der Waals surface area (Å²) in [5.74, 6) is 1.38. The van der Waals surface area contributed by atoms with Crippen LogP contribution in [0.1, 0.15) is 26.7 Å². The second-order valence-corrected chi connectivity index (χ2v) is 5.79. The van der Waals surface area contributed by atoms with Gasteiger partial charge in [-0.05, 0) is 23.8 Å². The molecule has 1 aromatic rings. The predicted octanol–water partition coefficient (Wildman–Crippen LogP) is 1.32. The van der Waals surface area contributed by atoms with Crippen LogP contribution in [0.25, 0.3) is 0 Å². The monoisotopic (exact) mass is 272 g/mol. The number of thioether (sulfide) groups is 1. The lowest BCUT2D eigenvalue weighted by Crippen LogP contribution is -2.29. The van der Waals surface area contributed by atoms with Crippen molar-refractivity contribution in [3.05, 3.63) is 16.1 Å². The Bertz CT molecular complexity index is 427. The van der Waals surface area contributed by atoms with Crippen LogP contribution in [0.2, 0.25) is 0 Å². The molecule has 0 radical (unpaired) electrons. The fraction of sp³-hybridized carbons (Fsp3) is 0.500. The van der Waals surface area contributed by atoms with Gasteiger partial charge in [-0.15, -0.1) is 11.3 Å². The summed E-state index contributed by atoms with van der Waals surface area (Å²) in [4.78, 5) is 26.0. The first-order valence-corrected chi connectivity index (χ1v) is 7.25. The maximum absolute atomic E-state index is 11.7. The molecule has 0 aromatic carbocycles. The number of hydrogen-bond donors (Lipinski definition) is 2. The normalized spacial score (nSPS) is 19.2. The number of aromatic nitrogens is 1. The highest BCUT2D eigenvalue weighted by atomic mass is 32.2. The van der Waals surface area contributed by atoms with Crippen LogP contribution < -0.4 is 5.32 Å². The van der Waals surface area contributed by atoms with E-state index >= 15 is 0 Å². The predicted molar refractivity (Wildman–Crippen MR) is 66.8 cm³/mol. The molecule has 1 unspecified atom stereocenters. The molecule has 1 aliphatic rings. The molecule has 0 bridgehead atoms. The van der Waals surface area contributed by atoms with Gasteiger partial charge in [0.2, 0.25) is 0 Å². The van der Waals surface area contributed by atoms with Gasteiger partial charge in [-0.25, -0.2) is 9.78 Å². The summed E-state index contributed by atoms with van der Waals surface area (Å²) >= 11 is 2.95. The topological polar surface area (TPSA) is 79.3 Å². The van der Waals surface area contributed by atoms with Gasteiger partial charge in [0.1, 0.15) is 0 Å². The highest BCUT2D eigenvalue weighted by Gasteiger charge is 2.18. The number of carbonyl (C=O) groups is 2. The molecular formula is C10H12N2O3S2. The van der Waals surface area contributed by atoms with Crippen LogP contribution in [0.3, 0.4) is 0 Å². The second kappa shape index (κ2) is 5.50. The number of thiazole rings is 1. The standard InChI is InChI=1S/C10H12N2O3S2/c13-8(11-3-6-1-2-16-4-6)9-12-7(5-17-9)10(14)15/h5-6H,1-4H2,(H,11,13)(H,14,15). The number of aromatic carboxylic acids is 1. The number of rotatable bonds is 4. The maximum Gasteiger partial charge on any atom is 0.355 e. The Morgan fingerprint density at radius 3 is 3.00 bits per heavy atom. The fourth-order valence-electron chi connectivity index (χ4n) is 1.53. The Morgan fingerprint density at radius 1 is 1.59 bits per heavy atom. The zero-order valence-electron chi connectivity index (χ0n) is 9.01. The molecule has 92 valence electrons. The van der Waals surface area contributed by atoms with Crippen LogP contribution >= 0.6 is 23.1 Å². The Labute approximate surface area is 107 Å². The minimum atomic E-state index is -1.10. The van der Waals surface area contributed by atoms with Gasteiger partial charge >= 0.3 is 5.97 Å². The molecule has 2 N–H and O–H groups in total. The zero-order valence-corrected chi connectivity index (χ0v) is 10.6. The first kappa shape index (κ1) is 12.4. The van der Waals surface area contributed by atoms with Crippen molar-refractivity contribution in [2.75, 3.05) is 18.1 Å². The first-order chi connectivity index (χ1) is 8.16. The lowest BCUT2D eigenvalue weighted by molar-refractivity contribution is 0.0691. The van der Waals surface area contributed by atoms with E-state index in [9.17, 15) is 9.59 Å². The number of nitrogens with one attached hydrogen (secondary N) is 1. The maximum atomic E-state index is 11.7. The van der Waals surface area contributed by atoms with Crippen molar-refractivity contribution in [3.8, 4) is 0 Å². The van der Waals surface area contributed by atoms with Crippen LogP contribution in [0.4, 0.5) is 0 Å². The SMILES string of the molecule is O=C(O)c1csc(C(=O)NCC2CCSC2)n1. The molecule has 0 spiro atoms. The van der Waals surface area contributed by atoms with Crippen molar-refractivity contribution < 1.29 is 14.7 Å². The number of carboxylic acid groups (broad SMARTS) is 1. The first-order valence-electron chi connectivity index (χ1n) is 5.21. The molecule has 2 rings (SSSR count). The highest BCUT2D eigenvalue weighted by Crippen LogP contribution is 2.22. The van der Waals surface area contributed by atoms with E-state index in [1.54, 1.807) is 0 Å². The molecule has 17 heavy (non-hydrogen) atoms. The number of amides is 1. The third kappa shape index (κ3) is 3.19. The van der Waals surface area contributed by atoms with Gasteiger partial charge in [-0.2, -0.15) is 11.8 Å². The Kier molecular flexibility index (Phi) is 4.01. The molecule has 2 heterocycles. The molecular weight excluding hydrogens is 260 g/mol. The molecule has 1 aliphatic heterocycles. The van der Waals surface area contributed by atoms with Crippen molar-refractivity contribution in [1.29, 1.82) is 0 Å². The van der Waals surface area contributed by atoms with E-state index < -0.39 is 5.97 Å². The molecule has 1 aromatic heterocycles. The van der Waals surface area contributed by atoms with E-state index in [4.69, 9.17) is 5.11 Å². The third-order valence-corrected chi connectivity index (χ3v) is 4.57. The smallest absolute Gasteiger partial charge is 0.355 e. The van der Waals surface area contributed by atoms with Crippen molar-refractivity contribution in [2.45, 2.75) is 6.42 Å². The Hall–Kier alpha value is -1.08. The van der Waals surface area contributed by atoms with Crippen LogP contribution in [-0.2, 0) is 0 Å². The Morgan fingerprint density at radius 2 is 2.41 bits per heavy atom. The number of hydrogen-bond acceptors (Lipinski definition) is 5. The molecule has 1 amide bonds. The summed E-state index contributed by atoms with van der Waals surface area (Å²) < 4.78 is 0. The zero-order chi connectivity index (χ0) is 12.3. The van der Waals surface area contributed by atoms with Crippen LogP contribution in [0.15, 0.2) is 5.38 Å².